The summed E-state index contributed by atoms with van der Waals surface area (Å²) < 4.78 is 5.02. The molecule has 0 heterocycles. The molecule has 5 unspecified atom stereocenters. The highest BCUT2D eigenvalue weighted by Crippen LogP contribution is 2.63. The van der Waals surface area contributed by atoms with Crippen LogP contribution in [0.1, 0.15) is 95.6 Å². The number of carbonyl (C=O) groups excluding carboxylic acids is 1. The van der Waals surface area contributed by atoms with E-state index in [-0.39, 0.29) is 11.5 Å². The van der Waals surface area contributed by atoms with Crippen molar-refractivity contribution in [3.63, 3.8) is 0 Å². The van der Waals surface area contributed by atoms with Crippen LogP contribution in [-0.4, -0.2) is 24.6 Å². The number of benzene rings is 2. The van der Waals surface area contributed by atoms with Gasteiger partial charge in [-0.05, 0) is 140 Å². The quantitative estimate of drug-likeness (QED) is 0.229. The van der Waals surface area contributed by atoms with E-state index >= 15 is 0 Å². The number of carbonyl (C=O) groups is 1. The van der Waals surface area contributed by atoms with Crippen molar-refractivity contribution in [3.8, 4) is 5.75 Å². The lowest BCUT2D eigenvalue weighted by Gasteiger charge is -2.51. The van der Waals surface area contributed by atoms with Crippen molar-refractivity contribution in [1.82, 2.24) is 0 Å². The molecule has 2 aromatic carbocycles. The number of methoxy groups -OCH3 is 1. The highest BCUT2D eigenvalue weighted by molar-refractivity contribution is 5.69. The van der Waals surface area contributed by atoms with Crippen LogP contribution in [0.2, 0.25) is 0 Å². The number of anilines is 1. The van der Waals surface area contributed by atoms with Gasteiger partial charge in [-0.1, -0.05) is 56.7 Å². The van der Waals surface area contributed by atoms with E-state index in [1.807, 2.05) is 37.3 Å². The molecule has 0 radical (unpaired) electrons. The molecule has 43 heavy (non-hydrogen) atoms. The van der Waals surface area contributed by atoms with Gasteiger partial charge in [0.25, 0.3) is 0 Å². The molecule has 230 valence electrons. The summed E-state index contributed by atoms with van der Waals surface area (Å²) in [4.78, 5) is 11.4. The van der Waals surface area contributed by atoms with Crippen LogP contribution in [0, 0.1) is 23.2 Å². The summed E-state index contributed by atoms with van der Waals surface area (Å²) in [7, 11) is 1.65. The second-order valence-electron chi connectivity index (χ2n) is 13.6. The molecule has 4 aliphatic carbocycles. The minimum Gasteiger partial charge on any atom is -0.497 e. The number of hydrogen-bond acceptors (Lipinski definition) is 4. The lowest BCUT2D eigenvalue weighted by molar-refractivity contribution is -0.104. The van der Waals surface area contributed by atoms with E-state index in [9.17, 15) is 9.90 Å². The topological polar surface area (TPSA) is 58.6 Å². The summed E-state index contributed by atoms with van der Waals surface area (Å²) in [5, 5.41) is 14.1. The molecule has 4 aliphatic rings. The van der Waals surface area contributed by atoms with E-state index in [4.69, 9.17) is 4.74 Å². The van der Waals surface area contributed by atoms with Crippen molar-refractivity contribution < 1.29 is 14.6 Å². The van der Waals surface area contributed by atoms with Gasteiger partial charge in [0.15, 0.2) is 0 Å². The number of hydrogen-bond donors (Lipinski definition) is 2. The zero-order valence-corrected chi connectivity index (χ0v) is 26.7. The van der Waals surface area contributed by atoms with E-state index in [0.29, 0.717) is 17.8 Å². The first-order valence-electron chi connectivity index (χ1n) is 16.5. The minimum atomic E-state index is -0.183. The predicted molar refractivity (Wildman–Crippen MR) is 177 cm³/mol. The first kappa shape index (κ1) is 31.3. The van der Waals surface area contributed by atoms with Crippen LogP contribution in [0.25, 0.3) is 0 Å². The Kier molecular flexibility index (Phi) is 9.96. The highest BCUT2D eigenvalue weighted by Gasteiger charge is 2.56. The molecule has 0 aromatic heterocycles. The van der Waals surface area contributed by atoms with Crippen molar-refractivity contribution >= 4 is 12.0 Å². The van der Waals surface area contributed by atoms with Crippen LogP contribution in [0.15, 0.2) is 83.6 Å². The number of aldehydes is 1. The number of nitrogens with one attached hydrogen (secondary N) is 1. The number of aliphatic hydroxyl groups is 1. The van der Waals surface area contributed by atoms with Gasteiger partial charge in [-0.2, -0.15) is 0 Å². The van der Waals surface area contributed by atoms with E-state index in [1.54, 1.807) is 12.7 Å². The molecule has 0 amide bonds. The molecular formula is C39H51NO3. The van der Waals surface area contributed by atoms with E-state index in [0.717, 1.165) is 74.3 Å². The molecule has 0 bridgehead atoms. The average Bonchev–Trinajstić information content (AvgIpc) is 3.77. The third-order valence-electron chi connectivity index (χ3n) is 10.5. The second-order valence-corrected chi connectivity index (χ2v) is 13.6. The lowest BCUT2D eigenvalue weighted by atomic mass is 9.53. The van der Waals surface area contributed by atoms with Gasteiger partial charge in [-0.3, -0.25) is 4.79 Å². The SMILES string of the molecule is C=C(C)Nc1ccc(OC)cc1.CCCC1=C2C(c3ccc(CC4CC4)cc3)CC3(C)C(O)CCC3C2CC/C1=C/C=O. The number of allylic oxidation sites excluding steroid dienone is 5. The molecular weight excluding hydrogens is 530 g/mol. The standard InChI is InChI=1S/C29H38O2.C10H13NO/c1-3-4-23-22(15-16-30)11-12-24-26-13-14-27(31)29(26,2)18-25(28(23)24)21-9-7-20(8-10-21)17-19-5-6-19;1-8(2)11-9-4-6-10(12-3)7-5-9/h7-10,15-16,19,24-27,31H,3-6,11-14,17-18H2,1-2H3;4-7,11H,1H2,2-3H3/b22-15-;. The Hall–Kier alpha value is -3.11. The molecule has 0 spiro atoms. The summed E-state index contributed by atoms with van der Waals surface area (Å²) in [6.07, 6.45) is 14.1. The van der Waals surface area contributed by atoms with Gasteiger partial charge in [0.2, 0.25) is 0 Å². The van der Waals surface area contributed by atoms with Crippen molar-refractivity contribution in [1.29, 1.82) is 0 Å². The van der Waals surface area contributed by atoms with Crippen molar-refractivity contribution in [3.05, 3.63) is 94.7 Å². The largest absolute Gasteiger partial charge is 0.497 e. The third kappa shape index (κ3) is 7.01. The average molecular weight is 582 g/mol. The molecule has 0 saturated heterocycles. The van der Waals surface area contributed by atoms with Crippen LogP contribution in [0.3, 0.4) is 0 Å². The molecule has 2 N–H and O–H groups in total. The number of rotatable bonds is 9. The Balaban J connectivity index is 0.000000259. The van der Waals surface area contributed by atoms with E-state index < -0.39 is 0 Å². The van der Waals surface area contributed by atoms with Crippen LogP contribution in [0.5, 0.6) is 5.75 Å². The fourth-order valence-corrected chi connectivity index (χ4v) is 8.24. The summed E-state index contributed by atoms with van der Waals surface area (Å²) >= 11 is 0. The maximum absolute atomic E-state index is 11.4. The normalized spacial score (nSPS) is 28.8. The van der Waals surface area contributed by atoms with E-state index in [1.165, 1.54) is 41.5 Å². The molecule has 6 rings (SSSR count). The first-order chi connectivity index (χ1) is 20.8. The fraction of sp³-hybridized carbons (Fsp3) is 0.513. The lowest BCUT2D eigenvalue weighted by Crippen LogP contribution is -2.44. The van der Waals surface area contributed by atoms with Gasteiger partial charge in [0.1, 0.15) is 12.0 Å². The molecule has 5 atom stereocenters. The van der Waals surface area contributed by atoms with Gasteiger partial charge in [-0.15, -0.1) is 0 Å². The van der Waals surface area contributed by atoms with E-state index in [2.05, 4.69) is 50.0 Å². The smallest absolute Gasteiger partial charge is 0.143 e. The third-order valence-corrected chi connectivity index (χ3v) is 10.5. The zero-order valence-electron chi connectivity index (χ0n) is 26.7. The minimum absolute atomic E-state index is 0.00865. The van der Waals surface area contributed by atoms with Crippen LogP contribution in [0.4, 0.5) is 5.69 Å². The predicted octanol–water partition coefficient (Wildman–Crippen LogP) is 9.18. The molecule has 2 aromatic rings. The zero-order chi connectivity index (χ0) is 30.6. The van der Waals surface area contributed by atoms with Crippen molar-refractivity contribution in [2.45, 2.75) is 97.0 Å². The van der Waals surface area contributed by atoms with Crippen molar-refractivity contribution in [2.24, 2.45) is 23.2 Å². The van der Waals surface area contributed by atoms with Gasteiger partial charge >= 0.3 is 0 Å². The van der Waals surface area contributed by atoms with Gasteiger partial charge in [-0.25, -0.2) is 0 Å². The maximum atomic E-state index is 11.4. The van der Waals surface area contributed by atoms with Crippen LogP contribution in [-0.2, 0) is 11.2 Å². The summed E-state index contributed by atoms with van der Waals surface area (Å²) in [6.45, 7) is 10.3. The second kappa shape index (κ2) is 13.7. The molecule has 4 nitrogen and oxygen atoms in total. The Labute approximate surface area is 259 Å². The Morgan fingerprint density at radius 2 is 1.79 bits per heavy atom. The van der Waals surface area contributed by atoms with Crippen LogP contribution < -0.4 is 10.1 Å². The Morgan fingerprint density at radius 1 is 1.07 bits per heavy atom. The Bertz CT molecular complexity index is 1330. The number of aliphatic hydroxyl groups excluding tert-OH is 1. The molecule has 3 saturated carbocycles. The van der Waals surface area contributed by atoms with Crippen molar-refractivity contribution in [2.75, 3.05) is 12.4 Å². The molecule has 0 aliphatic heterocycles. The fourth-order valence-electron chi connectivity index (χ4n) is 8.24. The Morgan fingerprint density at radius 3 is 2.40 bits per heavy atom. The number of ether oxygens (including phenoxy) is 1. The maximum Gasteiger partial charge on any atom is 0.143 e. The van der Waals surface area contributed by atoms with Crippen LogP contribution >= 0.6 is 0 Å². The summed E-state index contributed by atoms with van der Waals surface area (Å²) in [5.74, 6) is 3.27. The molecule has 4 heteroatoms. The van der Waals surface area contributed by atoms with Gasteiger partial charge < -0.3 is 15.2 Å². The highest BCUT2D eigenvalue weighted by atomic mass is 16.5. The monoisotopic (exact) mass is 581 g/mol. The number of fused-ring (bicyclic) bond motifs is 3. The first-order valence-corrected chi connectivity index (χ1v) is 16.5. The summed E-state index contributed by atoms with van der Waals surface area (Å²) in [6, 6.07) is 17.2. The summed E-state index contributed by atoms with van der Waals surface area (Å²) in [5.41, 5.74) is 9.23. The van der Waals surface area contributed by atoms with Gasteiger partial charge in [0.05, 0.1) is 13.2 Å². The van der Waals surface area contributed by atoms with Gasteiger partial charge in [0, 0.05) is 17.3 Å². The molecule has 3 fully saturated rings.